The molecule has 0 unspecified atom stereocenters. The molecule has 1 aromatic carbocycles. The second kappa shape index (κ2) is 11.3. The van der Waals surface area contributed by atoms with Crippen LogP contribution in [0.5, 0.6) is 0 Å². The van der Waals surface area contributed by atoms with Crippen LogP contribution in [0.4, 0.5) is 10.6 Å². The lowest BCUT2D eigenvalue weighted by Crippen LogP contribution is -2.38. The molecule has 40 heavy (non-hydrogen) atoms. The van der Waals surface area contributed by atoms with Gasteiger partial charge in [-0.1, -0.05) is 25.6 Å². The van der Waals surface area contributed by atoms with Gasteiger partial charge in [0.2, 0.25) is 0 Å². The van der Waals surface area contributed by atoms with Crippen LogP contribution in [0.1, 0.15) is 51.9 Å². The number of morpholine rings is 1. The smallest absolute Gasteiger partial charge is 0.410 e. The number of nitrogens with one attached hydrogen (secondary N) is 1. The van der Waals surface area contributed by atoms with E-state index in [-0.39, 0.29) is 6.09 Å². The molecule has 1 saturated heterocycles. The normalized spacial score (nSPS) is 14.2. The number of fused-ring (bicyclic) bond motifs is 2. The molecule has 1 N–H and O–H groups in total. The van der Waals surface area contributed by atoms with E-state index < -0.39 is 5.60 Å². The first kappa shape index (κ1) is 27.6. The molecule has 0 spiro atoms. The van der Waals surface area contributed by atoms with E-state index in [1.807, 2.05) is 52.2 Å². The Kier molecular flexibility index (Phi) is 7.80. The average Bonchev–Trinajstić information content (AvgIpc) is 3.53. The summed E-state index contributed by atoms with van der Waals surface area (Å²) >= 11 is 0. The van der Waals surface area contributed by atoms with Gasteiger partial charge in [0, 0.05) is 43.3 Å². The fraction of sp³-hybridized carbons (Fsp3) is 0.467. The number of benzene rings is 1. The molecular formula is C30H39N7O3. The standard InChI is InChI=1S/C30H39N7O3/c1-7-12-36(29(38)40-30(4,5)6)13-11-20(2)26-21(3)32-28-27(35-14-16-39-17-15-35)33-25(19-37(26)28)22-9-8-10-24-23(22)18-31-34-24/h8-10,18-19H,2,7,11-17H2,1,3-6H3,(H,31,34). The van der Waals surface area contributed by atoms with Gasteiger partial charge >= 0.3 is 6.09 Å². The lowest BCUT2D eigenvalue weighted by Gasteiger charge is -2.28. The summed E-state index contributed by atoms with van der Waals surface area (Å²) in [5.74, 6) is 0.824. The molecule has 10 heteroatoms. The van der Waals surface area contributed by atoms with Crippen molar-refractivity contribution in [2.24, 2.45) is 0 Å². The summed E-state index contributed by atoms with van der Waals surface area (Å²) in [6.07, 6.45) is 5.02. The van der Waals surface area contributed by atoms with Crippen molar-refractivity contribution in [3.8, 4) is 11.3 Å². The van der Waals surface area contributed by atoms with E-state index in [0.717, 1.165) is 70.1 Å². The van der Waals surface area contributed by atoms with Crippen LogP contribution in [0, 0.1) is 6.92 Å². The quantitative estimate of drug-likeness (QED) is 0.313. The number of amides is 1. The third-order valence-electron chi connectivity index (χ3n) is 7.00. The molecule has 4 aromatic rings. The fourth-order valence-corrected chi connectivity index (χ4v) is 5.16. The van der Waals surface area contributed by atoms with Gasteiger partial charge in [0.25, 0.3) is 0 Å². The van der Waals surface area contributed by atoms with Gasteiger partial charge in [-0.15, -0.1) is 0 Å². The molecule has 4 heterocycles. The zero-order valence-corrected chi connectivity index (χ0v) is 24.2. The van der Waals surface area contributed by atoms with Crippen molar-refractivity contribution < 1.29 is 14.3 Å². The highest BCUT2D eigenvalue weighted by atomic mass is 16.6. The summed E-state index contributed by atoms with van der Waals surface area (Å²) in [5, 5.41) is 8.31. The predicted molar refractivity (Wildman–Crippen MR) is 158 cm³/mol. The molecule has 10 nitrogen and oxygen atoms in total. The Hall–Kier alpha value is -3.92. The Morgan fingerprint density at radius 2 is 1.98 bits per heavy atom. The maximum atomic E-state index is 12.9. The van der Waals surface area contributed by atoms with Crippen LogP contribution in [0.25, 0.3) is 33.4 Å². The molecule has 0 bridgehead atoms. The predicted octanol–water partition coefficient (Wildman–Crippen LogP) is 5.47. The molecule has 1 aliphatic heterocycles. The number of H-pyrrole nitrogens is 1. The summed E-state index contributed by atoms with van der Waals surface area (Å²) in [7, 11) is 0. The molecule has 1 aliphatic rings. The summed E-state index contributed by atoms with van der Waals surface area (Å²) in [6.45, 7) is 18.1. The van der Waals surface area contributed by atoms with Crippen molar-refractivity contribution in [1.82, 2.24) is 29.5 Å². The molecule has 0 aliphatic carbocycles. The van der Waals surface area contributed by atoms with Crippen LogP contribution in [0.2, 0.25) is 0 Å². The van der Waals surface area contributed by atoms with Gasteiger partial charge in [-0.3, -0.25) is 9.50 Å². The number of imidazole rings is 1. The number of aryl methyl sites for hydroxylation is 1. The highest BCUT2D eigenvalue weighted by Crippen LogP contribution is 2.33. The summed E-state index contributed by atoms with van der Waals surface area (Å²) < 4.78 is 13.4. The van der Waals surface area contributed by atoms with Crippen LogP contribution in [0.3, 0.4) is 0 Å². The number of hydrogen-bond acceptors (Lipinski definition) is 7. The number of hydrogen-bond donors (Lipinski definition) is 1. The van der Waals surface area contributed by atoms with E-state index in [0.29, 0.717) is 32.7 Å². The third kappa shape index (κ3) is 5.67. The highest BCUT2D eigenvalue weighted by molar-refractivity contribution is 5.93. The van der Waals surface area contributed by atoms with Gasteiger partial charge in [0.05, 0.1) is 42.0 Å². The van der Waals surface area contributed by atoms with Crippen molar-refractivity contribution in [3.63, 3.8) is 0 Å². The number of anilines is 1. The Balaban J connectivity index is 1.54. The zero-order valence-electron chi connectivity index (χ0n) is 24.2. The minimum Gasteiger partial charge on any atom is -0.444 e. The van der Waals surface area contributed by atoms with Crippen LogP contribution in [-0.2, 0) is 9.47 Å². The van der Waals surface area contributed by atoms with Gasteiger partial charge in [-0.25, -0.2) is 14.8 Å². The van der Waals surface area contributed by atoms with Gasteiger partial charge in [-0.2, -0.15) is 5.10 Å². The molecule has 0 atom stereocenters. The minimum absolute atomic E-state index is 0.300. The van der Waals surface area contributed by atoms with Gasteiger partial charge < -0.3 is 19.3 Å². The maximum Gasteiger partial charge on any atom is 0.410 e. The molecule has 3 aromatic heterocycles. The molecular weight excluding hydrogens is 506 g/mol. The van der Waals surface area contributed by atoms with E-state index in [9.17, 15) is 4.79 Å². The van der Waals surface area contributed by atoms with E-state index in [4.69, 9.17) is 19.4 Å². The SMILES string of the molecule is C=C(CCN(CCC)C(=O)OC(C)(C)C)c1c(C)nc2c(N3CCOCC3)nc(-c3cccc4[nH]ncc34)cn12. The maximum absolute atomic E-state index is 12.9. The largest absolute Gasteiger partial charge is 0.444 e. The lowest BCUT2D eigenvalue weighted by atomic mass is 10.1. The van der Waals surface area contributed by atoms with Gasteiger partial charge in [-0.05, 0) is 52.2 Å². The molecule has 0 radical (unpaired) electrons. The van der Waals surface area contributed by atoms with Crippen LogP contribution >= 0.6 is 0 Å². The Bertz CT molecular complexity index is 1530. The van der Waals surface area contributed by atoms with Crippen LogP contribution in [-0.4, -0.2) is 80.6 Å². The Labute approximate surface area is 235 Å². The number of carbonyl (C=O) groups excluding carboxylic acids is 1. The third-order valence-corrected chi connectivity index (χ3v) is 7.00. The molecule has 1 amide bonds. The number of ether oxygens (including phenoxy) is 2. The molecule has 5 rings (SSSR count). The van der Waals surface area contributed by atoms with Gasteiger partial charge in [0.1, 0.15) is 5.60 Å². The first-order valence-electron chi connectivity index (χ1n) is 14.0. The van der Waals surface area contributed by atoms with Crippen LogP contribution < -0.4 is 4.90 Å². The summed E-state index contributed by atoms with van der Waals surface area (Å²) in [5.41, 5.74) is 5.73. The number of nitrogens with zero attached hydrogens (tertiary/aromatic N) is 6. The minimum atomic E-state index is -0.546. The first-order valence-corrected chi connectivity index (χ1v) is 14.0. The summed E-state index contributed by atoms with van der Waals surface area (Å²) in [6, 6.07) is 6.08. The molecule has 0 saturated carbocycles. The van der Waals surface area contributed by atoms with E-state index in [1.54, 1.807) is 4.90 Å². The van der Waals surface area contributed by atoms with E-state index in [2.05, 4.69) is 39.1 Å². The first-order chi connectivity index (χ1) is 19.2. The van der Waals surface area contributed by atoms with Crippen molar-refractivity contribution >= 4 is 34.0 Å². The molecule has 1 fully saturated rings. The molecule has 212 valence electrons. The second-order valence-corrected chi connectivity index (χ2v) is 11.2. The van der Waals surface area contributed by atoms with Crippen LogP contribution in [0.15, 0.2) is 37.2 Å². The highest BCUT2D eigenvalue weighted by Gasteiger charge is 2.25. The monoisotopic (exact) mass is 545 g/mol. The topological polar surface area (TPSA) is 101 Å². The summed E-state index contributed by atoms with van der Waals surface area (Å²) in [4.78, 5) is 27.0. The van der Waals surface area contributed by atoms with E-state index in [1.165, 1.54) is 0 Å². The lowest BCUT2D eigenvalue weighted by molar-refractivity contribution is 0.0254. The van der Waals surface area contributed by atoms with Crippen molar-refractivity contribution in [3.05, 3.63) is 48.6 Å². The number of carbonyl (C=O) groups is 1. The number of aromatic amines is 1. The Morgan fingerprint density at radius 3 is 2.70 bits per heavy atom. The number of rotatable bonds is 8. The van der Waals surface area contributed by atoms with Crippen molar-refractivity contribution in [2.45, 2.75) is 53.1 Å². The fourth-order valence-electron chi connectivity index (χ4n) is 5.16. The van der Waals surface area contributed by atoms with E-state index >= 15 is 0 Å². The van der Waals surface area contributed by atoms with Gasteiger partial charge in [0.15, 0.2) is 11.5 Å². The van der Waals surface area contributed by atoms with Crippen molar-refractivity contribution in [1.29, 1.82) is 0 Å². The Morgan fingerprint density at radius 1 is 1.20 bits per heavy atom. The second-order valence-electron chi connectivity index (χ2n) is 11.2. The van der Waals surface area contributed by atoms with Crippen molar-refractivity contribution in [2.75, 3.05) is 44.3 Å². The average molecular weight is 546 g/mol. The number of aromatic nitrogens is 5. The zero-order chi connectivity index (χ0) is 28.4.